The van der Waals surface area contributed by atoms with Gasteiger partial charge in [0.05, 0.1) is 39.3 Å². The zero-order valence-electron chi connectivity index (χ0n) is 29.9. The van der Waals surface area contributed by atoms with Gasteiger partial charge in [-0.05, 0) is 108 Å². The summed E-state index contributed by atoms with van der Waals surface area (Å²) >= 11 is 0. The molecule has 5 unspecified atom stereocenters. The third kappa shape index (κ3) is 12.8. The Morgan fingerprint density at radius 3 is 2.31 bits per heavy atom. The molecule has 0 aromatic rings. The van der Waals surface area contributed by atoms with E-state index in [1.165, 1.54) is 12.7 Å². The largest absolute Gasteiger partial charge is 0.469 e. The van der Waals surface area contributed by atoms with Gasteiger partial charge in [-0.3, -0.25) is 4.18 Å². The lowest BCUT2D eigenvalue weighted by Crippen LogP contribution is -2.34. The average molecular weight is 697 g/mol. The van der Waals surface area contributed by atoms with E-state index in [1.54, 1.807) is 0 Å². The molecule has 0 N–H and O–H groups in total. The van der Waals surface area contributed by atoms with E-state index >= 15 is 0 Å². The molecule has 3 fully saturated rings. The van der Waals surface area contributed by atoms with Gasteiger partial charge in [-0.15, -0.1) is 0 Å². The molecule has 8 atom stereocenters. The molecule has 2 aliphatic carbocycles. The molecule has 11 heteroatoms. The van der Waals surface area contributed by atoms with Crippen molar-refractivity contribution in [2.24, 2.45) is 29.6 Å². The van der Waals surface area contributed by atoms with Gasteiger partial charge in [0.15, 0.2) is 12.6 Å². The number of rotatable bonds is 19. The van der Waals surface area contributed by atoms with Crippen LogP contribution in [0.25, 0.3) is 0 Å². The first-order valence-electron chi connectivity index (χ1n) is 18.1. The predicted octanol–water partition coefficient (Wildman–Crippen LogP) is 6.85. The van der Waals surface area contributed by atoms with Gasteiger partial charge in [0.1, 0.15) is 12.4 Å². The van der Waals surface area contributed by atoms with Crippen LogP contribution in [0.2, 0.25) is 0 Å². The van der Waals surface area contributed by atoms with Crippen LogP contribution in [0.5, 0.6) is 0 Å². The van der Waals surface area contributed by atoms with E-state index in [4.69, 9.17) is 32.6 Å². The van der Waals surface area contributed by atoms with Gasteiger partial charge < -0.3 is 28.4 Å². The molecule has 10 nitrogen and oxygen atoms in total. The number of hydrogen-bond donors (Lipinski definition) is 0. The minimum absolute atomic E-state index is 0.0306. The number of esters is 1. The number of hydrogen-bond acceptors (Lipinski definition) is 10. The minimum Gasteiger partial charge on any atom is -0.469 e. The van der Waals surface area contributed by atoms with Crippen molar-refractivity contribution in [2.75, 3.05) is 46.4 Å². The van der Waals surface area contributed by atoms with Crippen molar-refractivity contribution in [3.05, 3.63) is 35.1 Å². The topological polar surface area (TPSA) is 116 Å². The van der Waals surface area contributed by atoms with E-state index in [-0.39, 0.29) is 62.2 Å². The molecule has 4 aliphatic rings. The van der Waals surface area contributed by atoms with Crippen LogP contribution >= 0.6 is 0 Å². The highest BCUT2D eigenvalue weighted by molar-refractivity contribution is 7.85. The zero-order chi connectivity index (χ0) is 34.5. The Morgan fingerprint density at radius 1 is 1.00 bits per heavy atom. The third-order valence-corrected chi connectivity index (χ3v) is 10.6. The molecule has 4 rings (SSSR count). The second kappa shape index (κ2) is 19.6. The summed E-state index contributed by atoms with van der Waals surface area (Å²) in [5, 5.41) is 0. The number of carbonyl (C=O) groups is 1. The number of carbonyl (C=O) groups excluding carboxylic acids is 1. The molecular weight excluding hydrogens is 636 g/mol. The van der Waals surface area contributed by atoms with Crippen LogP contribution < -0.4 is 0 Å². The van der Waals surface area contributed by atoms with Gasteiger partial charge in [-0.1, -0.05) is 30.2 Å². The van der Waals surface area contributed by atoms with E-state index in [0.29, 0.717) is 19.1 Å². The van der Waals surface area contributed by atoms with Crippen LogP contribution in [-0.4, -0.2) is 79.5 Å². The van der Waals surface area contributed by atoms with Gasteiger partial charge in [0.2, 0.25) is 0 Å². The Kier molecular flexibility index (Phi) is 15.9. The fourth-order valence-electron chi connectivity index (χ4n) is 7.39. The maximum Gasteiger partial charge on any atom is 0.331 e. The van der Waals surface area contributed by atoms with Crippen molar-refractivity contribution < 1.29 is 45.8 Å². The lowest BCUT2D eigenvalue weighted by Gasteiger charge is -2.33. The summed E-state index contributed by atoms with van der Waals surface area (Å²) in [6.07, 6.45) is 19.2. The Labute approximate surface area is 289 Å². The molecule has 0 aromatic heterocycles. The predicted molar refractivity (Wildman–Crippen MR) is 183 cm³/mol. The fourth-order valence-corrected chi connectivity index (χ4v) is 7.80. The average Bonchev–Trinajstić information content (AvgIpc) is 3.60. The third-order valence-electron chi connectivity index (χ3n) is 9.99. The summed E-state index contributed by atoms with van der Waals surface area (Å²) in [6, 6.07) is 0. The van der Waals surface area contributed by atoms with Crippen molar-refractivity contribution in [3.63, 3.8) is 0 Å². The Morgan fingerprint density at radius 2 is 1.69 bits per heavy atom. The summed E-state index contributed by atoms with van der Waals surface area (Å²) in [4.78, 5) is 11.7. The lowest BCUT2D eigenvalue weighted by molar-refractivity contribution is -0.200. The smallest absolute Gasteiger partial charge is 0.331 e. The molecule has 2 heterocycles. The summed E-state index contributed by atoms with van der Waals surface area (Å²) in [6.45, 7) is 7.92. The molecule has 2 aliphatic heterocycles. The first kappa shape index (κ1) is 39.0. The van der Waals surface area contributed by atoms with Crippen molar-refractivity contribution in [1.82, 2.24) is 0 Å². The van der Waals surface area contributed by atoms with Gasteiger partial charge in [-0.25, -0.2) is 4.79 Å². The second-order valence-corrected chi connectivity index (χ2v) is 16.0. The van der Waals surface area contributed by atoms with Crippen LogP contribution in [0.1, 0.15) is 97.8 Å². The van der Waals surface area contributed by atoms with Crippen LogP contribution in [0, 0.1) is 29.6 Å². The Hall–Kier alpha value is -1.76. The molecule has 48 heavy (non-hydrogen) atoms. The highest BCUT2D eigenvalue weighted by Gasteiger charge is 2.50. The van der Waals surface area contributed by atoms with E-state index in [1.807, 2.05) is 0 Å². The summed E-state index contributed by atoms with van der Waals surface area (Å²) in [7, 11) is -2.35. The lowest BCUT2D eigenvalue weighted by atomic mass is 9.89. The van der Waals surface area contributed by atoms with E-state index in [0.717, 1.165) is 94.6 Å². The molecule has 0 bridgehead atoms. The molecule has 0 amide bonds. The van der Waals surface area contributed by atoms with Crippen LogP contribution in [0.4, 0.5) is 0 Å². The molecule has 274 valence electrons. The van der Waals surface area contributed by atoms with E-state index < -0.39 is 16.1 Å². The fraction of sp³-hybridized carbons (Fsp3) is 0.811. The minimum atomic E-state index is -3.66. The monoisotopic (exact) mass is 696 g/mol. The van der Waals surface area contributed by atoms with Crippen molar-refractivity contribution in [3.8, 4) is 0 Å². The second-order valence-electron chi connectivity index (χ2n) is 14.4. The SMILES string of the molecule is COC(=O)COCC(COS(C)(=O)=O)C1=CC2C(C1)C[C@@H](OC1CCCCO1)[C@@H]2C(=CCC[C@H](C)CCC=C(C)C)OC1CCCCO1. The Balaban J connectivity index is 1.59. The van der Waals surface area contributed by atoms with E-state index in [9.17, 15) is 13.2 Å². The van der Waals surface area contributed by atoms with Gasteiger partial charge in [0.25, 0.3) is 10.1 Å². The quantitative estimate of drug-likeness (QED) is 0.0615. The van der Waals surface area contributed by atoms with Crippen molar-refractivity contribution >= 4 is 16.1 Å². The summed E-state index contributed by atoms with van der Waals surface area (Å²) < 4.78 is 65.2. The molecular formula is C37H60O10S. The first-order chi connectivity index (χ1) is 23.0. The maximum absolute atomic E-state index is 12.0. The van der Waals surface area contributed by atoms with Crippen LogP contribution in [0.15, 0.2) is 35.1 Å². The number of ether oxygens (including phenoxy) is 6. The van der Waals surface area contributed by atoms with E-state index in [2.05, 4.69) is 39.0 Å². The zero-order valence-corrected chi connectivity index (χ0v) is 30.7. The van der Waals surface area contributed by atoms with Crippen molar-refractivity contribution in [2.45, 2.75) is 117 Å². The van der Waals surface area contributed by atoms with Crippen LogP contribution in [0.3, 0.4) is 0 Å². The molecule has 0 radical (unpaired) electrons. The molecule has 0 spiro atoms. The standard InChI is InChI=1S/C37H60O10S/c1-26(2)12-10-13-27(3)14-11-15-32(46-35-16-6-8-18-43-35)37-31-21-28(20-29(31)22-33(37)47-36-17-7-9-19-44-36)30(24-45-48(5,39)40)23-42-25-34(38)41-4/h12,15,21,27,29-31,33,35-37H,6-11,13-14,16-20,22-25H2,1-5H3/t27-,29?,30?,31?,33-,35?,36?,37+/m1/s1. The maximum atomic E-state index is 12.0. The highest BCUT2D eigenvalue weighted by atomic mass is 32.2. The number of methoxy groups -OCH3 is 1. The number of fused-ring (bicyclic) bond motifs is 1. The van der Waals surface area contributed by atoms with Gasteiger partial charge in [0, 0.05) is 24.9 Å². The van der Waals surface area contributed by atoms with Gasteiger partial charge >= 0.3 is 5.97 Å². The van der Waals surface area contributed by atoms with Crippen molar-refractivity contribution in [1.29, 1.82) is 0 Å². The Bertz CT molecular complexity index is 1190. The summed E-state index contributed by atoms with van der Waals surface area (Å²) in [5.74, 6) is 1.09. The molecule has 1 saturated carbocycles. The molecule has 2 saturated heterocycles. The van der Waals surface area contributed by atoms with Gasteiger partial charge in [-0.2, -0.15) is 8.42 Å². The number of allylic oxidation sites excluding steroid dienone is 4. The van der Waals surface area contributed by atoms with Crippen LogP contribution in [-0.2, 0) is 47.5 Å². The molecule has 0 aromatic carbocycles. The first-order valence-corrected chi connectivity index (χ1v) is 19.9. The summed E-state index contributed by atoms with van der Waals surface area (Å²) in [5.41, 5.74) is 2.44. The highest BCUT2D eigenvalue weighted by Crippen LogP contribution is 2.52. The normalized spacial score (nSPS) is 29.1.